The predicted molar refractivity (Wildman–Crippen MR) is 64.8 cm³/mol. The van der Waals surface area contributed by atoms with Crippen LogP contribution in [0.5, 0.6) is 0 Å². The van der Waals surface area contributed by atoms with Crippen molar-refractivity contribution >= 4 is 11.6 Å². The third-order valence-electron chi connectivity index (χ3n) is 2.53. The van der Waals surface area contributed by atoms with Crippen LogP contribution in [-0.4, -0.2) is 20.7 Å². The number of nitrogens with one attached hydrogen (secondary N) is 1. The van der Waals surface area contributed by atoms with Crippen LogP contribution in [0.25, 0.3) is 0 Å². The van der Waals surface area contributed by atoms with Crippen LogP contribution in [0.1, 0.15) is 11.4 Å². The SMILES string of the molecule is N#Cc1nncn1CC(=O)Nc1ccc(C(F)(F)F)cc1. The van der Waals surface area contributed by atoms with E-state index in [0.29, 0.717) is 0 Å². The van der Waals surface area contributed by atoms with Crippen LogP contribution >= 0.6 is 0 Å². The molecule has 0 spiro atoms. The second kappa shape index (κ2) is 5.62. The Labute approximate surface area is 116 Å². The smallest absolute Gasteiger partial charge is 0.325 e. The molecule has 1 aromatic heterocycles. The Balaban J connectivity index is 2.02. The van der Waals surface area contributed by atoms with E-state index < -0.39 is 17.6 Å². The number of carbonyl (C=O) groups excluding carboxylic acids is 1. The molecule has 108 valence electrons. The van der Waals surface area contributed by atoms with Crippen molar-refractivity contribution in [3.8, 4) is 6.07 Å². The summed E-state index contributed by atoms with van der Waals surface area (Å²) in [5.74, 6) is -0.538. The zero-order valence-corrected chi connectivity index (χ0v) is 10.4. The topological polar surface area (TPSA) is 83.6 Å². The largest absolute Gasteiger partial charge is 0.416 e. The van der Waals surface area contributed by atoms with E-state index in [1.807, 2.05) is 0 Å². The van der Waals surface area contributed by atoms with Crippen LogP contribution in [0, 0.1) is 11.3 Å². The molecular formula is C12H8F3N5O. The van der Waals surface area contributed by atoms with Gasteiger partial charge in [0.2, 0.25) is 11.7 Å². The number of benzene rings is 1. The van der Waals surface area contributed by atoms with Gasteiger partial charge in [-0.25, -0.2) is 0 Å². The predicted octanol–water partition coefficient (Wildman–Crippen LogP) is 1.81. The molecule has 0 aliphatic rings. The van der Waals surface area contributed by atoms with Gasteiger partial charge in [-0.3, -0.25) is 9.36 Å². The van der Waals surface area contributed by atoms with Gasteiger partial charge in [-0.2, -0.15) is 18.4 Å². The molecule has 1 aromatic carbocycles. The summed E-state index contributed by atoms with van der Waals surface area (Å²) in [5, 5.41) is 18.1. The van der Waals surface area contributed by atoms with E-state index in [1.165, 1.54) is 10.9 Å². The van der Waals surface area contributed by atoms with Crippen molar-refractivity contribution in [1.29, 1.82) is 5.26 Å². The molecule has 0 aliphatic heterocycles. The normalized spacial score (nSPS) is 11.0. The fourth-order valence-corrected chi connectivity index (χ4v) is 1.56. The molecule has 0 radical (unpaired) electrons. The number of hydrogen-bond acceptors (Lipinski definition) is 4. The number of alkyl halides is 3. The Kier molecular flexibility index (Phi) is 3.89. The summed E-state index contributed by atoms with van der Waals surface area (Å²) in [4.78, 5) is 11.7. The van der Waals surface area contributed by atoms with Crippen molar-refractivity contribution in [2.75, 3.05) is 5.32 Å². The highest BCUT2D eigenvalue weighted by Crippen LogP contribution is 2.29. The van der Waals surface area contributed by atoms with E-state index >= 15 is 0 Å². The Morgan fingerprint density at radius 2 is 2.00 bits per heavy atom. The van der Waals surface area contributed by atoms with Crippen LogP contribution in [-0.2, 0) is 17.5 Å². The van der Waals surface area contributed by atoms with Crippen LogP contribution in [0.3, 0.4) is 0 Å². The first kappa shape index (κ1) is 14.5. The van der Waals surface area contributed by atoms with Crippen LogP contribution in [0.4, 0.5) is 18.9 Å². The number of hydrogen-bond donors (Lipinski definition) is 1. The molecule has 6 nitrogen and oxygen atoms in total. The van der Waals surface area contributed by atoms with Crippen molar-refractivity contribution in [1.82, 2.24) is 14.8 Å². The van der Waals surface area contributed by atoms with Crippen LogP contribution in [0.2, 0.25) is 0 Å². The molecule has 0 saturated carbocycles. The highest BCUT2D eigenvalue weighted by Gasteiger charge is 2.29. The van der Waals surface area contributed by atoms with E-state index in [4.69, 9.17) is 5.26 Å². The maximum Gasteiger partial charge on any atom is 0.416 e. The molecule has 1 N–H and O–H groups in total. The van der Waals surface area contributed by atoms with Gasteiger partial charge in [-0.05, 0) is 24.3 Å². The Bertz CT molecular complexity index is 684. The van der Waals surface area contributed by atoms with Crippen LogP contribution < -0.4 is 5.32 Å². The van der Waals surface area contributed by atoms with E-state index in [-0.39, 0.29) is 18.1 Å². The minimum Gasteiger partial charge on any atom is -0.325 e. The Morgan fingerprint density at radius 1 is 1.33 bits per heavy atom. The Morgan fingerprint density at radius 3 is 2.57 bits per heavy atom. The van der Waals surface area contributed by atoms with Crippen molar-refractivity contribution < 1.29 is 18.0 Å². The quantitative estimate of drug-likeness (QED) is 0.936. The first-order valence-corrected chi connectivity index (χ1v) is 5.65. The summed E-state index contributed by atoms with van der Waals surface area (Å²) < 4.78 is 38.4. The molecule has 9 heteroatoms. The molecule has 0 unspecified atom stereocenters. The average Bonchev–Trinajstić information content (AvgIpc) is 2.85. The molecule has 0 atom stereocenters. The summed E-state index contributed by atoms with van der Waals surface area (Å²) in [7, 11) is 0. The number of aromatic nitrogens is 3. The minimum atomic E-state index is -4.42. The summed E-state index contributed by atoms with van der Waals surface area (Å²) in [5.41, 5.74) is -0.578. The van der Waals surface area contributed by atoms with E-state index in [1.54, 1.807) is 6.07 Å². The van der Waals surface area contributed by atoms with Crippen molar-refractivity contribution in [3.05, 3.63) is 42.0 Å². The van der Waals surface area contributed by atoms with Gasteiger partial charge in [0, 0.05) is 5.69 Å². The van der Waals surface area contributed by atoms with Gasteiger partial charge in [0.1, 0.15) is 18.9 Å². The second-order valence-electron chi connectivity index (χ2n) is 4.02. The third kappa shape index (κ3) is 3.56. The van der Waals surface area contributed by atoms with E-state index in [9.17, 15) is 18.0 Å². The van der Waals surface area contributed by atoms with Gasteiger partial charge >= 0.3 is 6.18 Å². The maximum atomic E-state index is 12.4. The fourth-order valence-electron chi connectivity index (χ4n) is 1.56. The summed E-state index contributed by atoms with van der Waals surface area (Å²) in [6.07, 6.45) is -3.21. The summed E-state index contributed by atoms with van der Waals surface area (Å²) in [6.45, 7) is -0.211. The lowest BCUT2D eigenvalue weighted by Gasteiger charge is -2.09. The van der Waals surface area contributed by atoms with E-state index in [0.717, 1.165) is 24.3 Å². The van der Waals surface area contributed by atoms with Gasteiger partial charge in [-0.15, -0.1) is 10.2 Å². The first-order valence-electron chi connectivity index (χ1n) is 5.65. The highest BCUT2D eigenvalue weighted by atomic mass is 19.4. The molecule has 0 bridgehead atoms. The fraction of sp³-hybridized carbons (Fsp3) is 0.167. The summed E-state index contributed by atoms with van der Waals surface area (Å²) >= 11 is 0. The van der Waals surface area contributed by atoms with Gasteiger partial charge in [0.05, 0.1) is 5.56 Å². The van der Waals surface area contributed by atoms with Gasteiger partial charge in [-0.1, -0.05) is 0 Å². The number of rotatable bonds is 3. The van der Waals surface area contributed by atoms with E-state index in [2.05, 4.69) is 15.5 Å². The second-order valence-corrected chi connectivity index (χ2v) is 4.02. The molecule has 0 fully saturated rings. The number of nitrogens with zero attached hydrogens (tertiary/aromatic N) is 4. The first-order chi connectivity index (χ1) is 9.90. The van der Waals surface area contributed by atoms with Gasteiger partial charge < -0.3 is 5.32 Å². The number of amides is 1. The minimum absolute atomic E-state index is 0.0300. The van der Waals surface area contributed by atoms with Crippen molar-refractivity contribution in [3.63, 3.8) is 0 Å². The maximum absolute atomic E-state index is 12.4. The lowest BCUT2D eigenvalue weighted by atomic mass is 10.2. The molecular weight excluding hydrogens is 287 g/mol. The summed E-state index contributed by atoms with van der Waals surface area (Å²) in [6, 6.07) is 5.80. The molecule has 0 aliphatic carbocycles. The van der Waals surface area contributed by atoms with Gasteiger partial charge in [0.15, 0.2) is 0 Å². The third-order valence-corrected chi connectivity index (χ3v) is 2.53. The lowest BCUT2D eigenvalue weighted by molar-refractivity contribution is -0.137. The zero-order valence-electron chi connectivity index (χ0n) is 10.4. The zero-order chi connectivity index (χ0) is 15.5. The monoisotopic (exact) mass is 295 g/mol. The standard InChI is InChI=1S/C12H8F3N5O/c13-12(14,15)8-1-3-9(4-2-8)18-11(21)6-20-7-17-19-10(20)5-16/h1-4,7H,6H2,(H,18,21). The Hall–Kier alpha value is -2.89. The average molecular weight is 295 g/mol. The number of nitriles is 1. The number of carbonyl (C=O) groups is 1. The van der Waals surface area contributed by atoms with Gasteiger partial charge in [0.25, 0.3) is 0 Å². The number of anilines is 1. The van der Waals surface area contributed by atoms with Crippen molar-refractivity contribution in [2.45, 2.75) is 12.7 Å². The molecule has 2 rings (SSSR count). The lowest BCUT2D eigenvalue weighted by Crippen LogP contribution is -2.19. The molecule has 21 heavy (non-hydrogen) atoms. The highest BCUT2D eigenvalue weighted by molar-refractivity contribution is 5.90. The molecule has 2 aromatic rings. The van der Waals surface area contributed by atoms with Crippen molar-refractivity contribution in [2.24, 2.45) is 0 Å². The molecule has 0 saturated heterocycles. The number of halogens is 3. The molecule has 1 amide bonds. The molecule has 1 heterocycles. The van der Waals surface area contributed by atoms with Crippen LogP contribution in [0.15, 0.2) is 30.6 Å².